The van der Waals surface area contributed by atoms with E-state index in [4.69, 9.17) is 0 Å². The van der Waals surface area contributed by atoms with Crippen molar-refractivity contribution in [3.63, 3.8) is 0 Å². The maximum atomic E-state index is 13.1. The van der Waals surface area contributed by atoms with Crippen molar-refractivity contribution >= 4 is 15.9 Å². The van der Waals surface area contributed by atoms with Crippen molar-refractivity contribution in [1.29, 1.82) is 0 Å². The van der Waals surface area contributed by atoms with Gasteiger partial charge in [0.15, 0.2) is 0 Å². The third-order valence-corrected chi connectivity index (χ3v) is 7.61. The topological polar surface area (TPSA) is 75.5 Å². The van der Waals surface area contributed by atoms with Gasteiger partial charge in [-0.15, -0.1) is 0 Å². The van der Waals surface area contributed by atoms with Crippen LogP contribution in [0.2, 0.25) is 0 Å². The average molecular weight is 439 g/mol. The van der Waals surface area contributed by atoms with Crippen LogP contribution in [0.15, 0.2) is 65.8 Å². The van der Waals surface area contributed by atoms with Crippen LogP contribution in [0.1, 0.15) is 16.7 Å². The molecule has 1 saturated heterocycles. The van der Waals surface area contributed by atoms with Gasteiger partial charge in [-0.05, 0) is 48.7 Å². The molecule has 0 spiro atoms. The Kier molecular flexibility index (Phi) is 5.93. The van der Waals surface area contributed by atoms with Crippen LogP contribution < -0.4 is 0 Å². The van der Waals surface area contributed by atoms with E-state index in [0.29, 0.717) is 31.1 Å². The number of nitrogens with zero attached hydrogens (tertiary/aromatic N) is 4. The fourth-order valence-electron chi connectivity index (χ4n) is 3.76. The summed E-state index contributed by atoms with van der Waals surface area (Å²) in [5.41, 5.74) is 3.42. The van der Waals surface area contributed by atoms with E-state index in [0.717, 1.165) is 22.4 Å². The molecular formula is C23H26N4O3S. The lowest BCUT2D eigenvalue weighted by atomic mass is 10.2. The van der Waals surface area contributed by atoms with E-state index < -0.39 is 10.0 Å². The summed E-state index contributed by atoms with van der Waals surface area (Å²) in [6.07, 6.45) is 3.80. The molecule has 3 aromatic rings. The minimum atomic E-state index is -3.57. The second kappa shape index (κ2) is 8.64. The normalized spacial score (nSPS) is 15.2. The Balaban J connectivity index is 1.38. The standard InChI is InChI=1S/C23H26N4O3S/c1-18-8-9-19(2)22(14-18)31(29,30)26-12-10-25(11-13-26)23(28)15-20-16-24-27(17-20)21-6-4-3-5-7-21/h3-9,14,16-17H,10-13,15H2,1-2H3. The van der Waals surface area contributed by atoms with Gasteiger partial charge >= 0.3 is 0 Å². The number of para-hydroxylation sites is 1. The second-order valence-corrected chi connectivity index (χ2v) is 9.77. The highest BCUT2D eigenvalue weighted by molar-refractivity contribution is 7.89. The zero-order valence-corrected chi connectivity index (χ0v) is 18.5. The van der Waals surface area contributed by atoms with Gasteiger partial charge in [0.1, 0.15) is 0 Å². The lowest BCUT2D eigenvalue weighted by molar-refractivity contribution is -0.131. The molecule has 7 nitrogen and oxygen atoms in total. The number of benzene rings is 2. The van der Waals surface area contributed by atoms with Crippen molar-refractivity contribution in [3.8, 4) is 5.69 Å². The predicted octanol–water partition coefficient (Wildman–Crippen LogP) is 2.56. The molecule has 0 atom stereocenters. The Bertz CT molecular complexity index is 1180. The number of sulfonamides is 1. The molecule has 1 aromatic heterocycles. The molecule has 1 aliphatic heterocycles. The number of carbonyl (C=O) groups excluding carboxylic acids is 1. The molecule has 0 N–H and O–H groups in total. The molecule has 8 heteroatoms. The smallest absolute Gasteiger partial charge is 0.243 e. The van der Waals surface area contributed by atoms with E-state index in [2.05, 4.69) is 5.10 Å². The van der Waals surface area contributed by atoms with Crippen LogP contribution >= 0.6 is 0 Å². The first-order chi connectivity index (χ1) is 14.8. The number of carbonyl (C=O) groups is 1. The minimum Gasteiger partial charge on any atom is -0.340 e. The van der Waals surface area contributed by atoms with Crippen molar-refractivity contribution in [3.05, 3.63) is 77.6 Å². The van der Waals surface area contributed by atoms with Crippen LogP contribution in [-0.2, 0) is 21.2 Å². The molecule has 0 bridgehead atoms. The van der Waals surface area contributed by atoms with Gasteiger partial charge in [0.05, 0.1) is 23.2 Å². The van der Waals surface area contributed by atoms with Crippen LogP contribution in [0, 0.1) is 13.8 Å². The lowest BCUT2D eigenvalue weighted by Crippen LogP contribution is -2.50. The summed E-state index contributed by atoms with van der Waals surface area (Å²) < 4.78 is 29.4. The van der Waals surface area contributed by atoms with Crippen LogP contribution in [0.4, 0.5) is 0 Å². The van der Waals surface area contributed by atoms with Gasteiger partial charge in [-0.25, -0.2) is 13.1 Å². The maximum Gasteiger partial charge on any atom is 0.243 e. The molecule has 1 amide bonds. The van der Waals surface area contributed by atoms with Gasteiger partial charge in [-0.3, -0.25) is 4.79 Å². The number of piperazine rings is 1. The van der Waals surface area contributed by atoms with Gasteiger partial charge in [-0.2, -0.15) is 9.40 Å². The van der Waals surface area contributed by atoms with Gasteiger partial charge in [0, 0.05) is 32.4 Å². The zero-order chi connectivity index (χ0) is 22.0. The predicted molar refractivity (Wildman–Crippen MR) is 119 cm³/mol. The van der Waals surface area contributed by atoms with Gasteiger partial charge < -0.3 is 4.90 Å². The summed E-state index contributed by atoms with van der Waals surface area (Å²) >= 11 is 0. The summed E-state index contributed by atoms with van der Waals surface area (Å²) in [7, 11) is -3.57. The molecule has 0 saturated carbocycles. The quantitative estimate of drug-likeness (QED) is 0.614. The highest BCUT2D eigenvalue weighted by atomic mass is 32.2. The Labute approximate surface area is 183 Å². The monoisotopic (exact) mass is 438 g/mol. The van der Waals surface area contributed by atoms with Crippen LogP contribution in [0.25, 0.3) is 5.69 Å². The molecule has 31 heavy (non-hydrogen) atoms. The number of aromatic nitrogens is 2. The average Bonchev–Trinajstić information content (AvgIpc) is 3.24. The number of rotatable bonds is 5. The van der Waals surface area contributed by atoms with E-state index in [9.17, 15) is 13.2 Å². The molecule has 0 unspecified atom stereocenters. The van der Waals surface area contributed by atoms with Crippen molar-refractivity contribution in [1.82, 2.24) is 19.0 Å². The van der Waals surface area contributed by atoms with Crippen LogP contribution in [-0.4, -0.2) is 59.5 Å². The molecular weight excluding hydrogens is 412 g/mol. The number of aryl methyl sites for hydroxylation is 2. The summed E-state index contributed by atoms with van der Waals surface area (Å²) in [5, 5.41) is 4.34. The third kappa shape index (κ3) is 4.55. The molecule has 0 aliphatic carbocycles. The molecule has 1 aliphatic rings. The largest absolute Gasteiger partial charge is 0.340 e. The summed E-state index contributed by atoms with van der Waals surface area (Å²) in [5.74, 6) is -0.0172. The van der Waals surface area contributed by atoms with Gasteiger partial charge in [0.2, 0.25) is 15.9 Å². The zero-order valence-electron chi connectivity index (χ0n) is 17.7. The number of hydrogen-bond donors (Lipinski definition) is 0. The SMILES string of the molecule is Cc1ccc(C)c(S(=O)(=O)N2CCN(C(=O)Cc3cnn(-c4ccccc4)c3)CC2)c1. The molecule has 1 fully saturated rings. The first kappa shape index (κ1) is 21.3. The van der Waals surface area contributed by atoms with E-state index in [1.165, 1.54) is 4.31 Å². The van der Waals surface area contributed by atoms with Crippen LogP contribution in [0.3, 0.4) is 0 Å². The summed E-state index contributed by atoms with van der Waals surface area (Å²) in [4.78, 5) is 14.8. The highest BCUT2D eigenvalue weighted by Gasteiger charge is 2.31. The minimum absolute atomic E-state index is 0.0172. The summed E-state index contributed by atoms with van der Waals surface area (Å²) in [6, 6.07) is 15.2. The first-order valence-electron chi connectivity index (χ1n) is 10.3. The van der Waals surface area contributed by atoms with E-state index in [-0.39, 0.29) is 12.3 Å². The Morgan fingerprint density at radius 3 is 2.42 bits per heavy atom. The number of hydrogen-bond acceptors (Lipinski definition) is 4. The summed E-state index contributed by atoms with van der Waals surface area (Å²) in [6.45, 7) is 5.05. The molecule has 2 heterocycles. The van der Waals surface area contributed by atoms with Crippen molar-refractivity contribution in [2.24, 2.45) is 0 Å². The fraction of sp³-hybridized carbons (Fsp3) is 0.304. The fourth-order valence-corrected chi connectivity index (χ4v) is 5.49. The molecule has 2 aromatic carbocycles. The second-order valence-electron chi connectivity index (χ2n) is 7.86. The molecule has 162 valence electrons. The molecule has 0 radical (unpaired) electrons. The maximum absolute atomic E-state index is 13.1. The van der Waals surface area contributed by atoms with Crippen molar-refractivity contribution < 1.29 is 13.2 Å². The third-order valence-electron chi connectivity index (χ3n) is 5.56. The first-order valence-corrected chi connectivity index (χ1v) is 11.7. The Morgan fingerprint density at radius 1 is 1.00 bits per heavy atom. The van der Waals surface area contributed by atoms with Crippen molar-refractivity contribution in [2.75, 3.05) is 26.2 Å². The van der Waals surface area contributed by atoms with E-state index in [1.54, 1.807) is 21.8 Å². The van der Waals surface area contributed by atoms with E-state index in [1.807, 2.05) is 62.5 Å². The molecule has 4 rings (SSSR count). The van der Waals surface area contributed by atoms with E-state index >= 15 is 0 Å². The number of amides is 1. The van der Waals surface area contributed by atoms with Gasteiger partial charge in [0.25, 0.3) is 0 Å². The Morgan fingerprint density at radius 2 is 1.71 bits per heavy atom. The Hall–Kier alpha value is -2.97. The van der Waals surface area contributed by atoms with Gasteiger partial charge in [-0.1, -0.05) is 30.3 Å². The highest BCUT2D eigenvalue weighted by Crippen LogP contribution is 2.22. The van der Waals surface area contributed by atoms with Crippen LogP contribution in [0.5, 0.6) is 0 Å². The van der Waals surface area contributed by atoms with Crippen molar-refractivity contribution in [2.45, 2.75) is 25.2 Å². The lowest BCUT2D eigenvalue weighted by Gasteiger charge is -2.34.